The van der Waals surface area contributed by atoms with Crippen LogP contribution in [0.2, 0.25) is 5.02 Å². The first-order valence-corrected chi connectivity index (χ1v) is 11.7. The minimum Gasteiger partial charge on any atom is -0.335 e. The van der Waals surface area contributed by atoms with Crippen LogP contribution in [0.3, 0.4) is 0 Å². The molecule has 1 aliphatic heterocycles. The van der Waals surface area contributed by atoms with Gasteiger partial charge in [-0.25, -0.2) is 9.29 Å². The molecule has 0 bridgehead atoms. The van der Waals surface area contributed by atoms with Gasteiger partial charge in [0.1, 0.15) is 11.1 Å². The average Bonchev–Trinajstić information content (AvgIpc) is 3.09. The number of hydrogen-bond acceptors (Lipinski definition) is 4. The number of amidine groups is 1. The van der Waals surface area contributed by atoms with Crippen molar-refractivity contribution >= 4 is 51.7 Å². The minimum atomic E-state index is -0.627. The smallest absolute Gasteiger partial charge is 0.247 e. The molecule has 33 heavy (non-hydrogen) atoms. The molecule has 3 aromatic rings. The fourth-order valence-electron chi connectivity index (χ4n) is 3.39. The third-order valence-corrected chi connectivity index (χ3v) is 6.40. The van der Waals surface area contributed by atoms with Crippen molar-refractivity contribution in [3.05, 3.63) is 95.3 Å². The molecule has 0 unspecified atom stereocenters. The predicted octanol–water partition coefficient (Wildman–Crippen LogP) is 5.56. The van der Waals surface area contributed by atoms with Crippen LogP contribution in [0.4, 0.5) is 15.8 Å². The second kappa shape index (κ2) is 10.6. The molecule has 0 aliphatic carbocycles. The lowest BCUT2D eigenvalue weighted by Gasteiger charge is -2.16. The Kier molecular flexibility index (Phi) is 7.42. The van der Waals surface area contributed by atoms with Gasteiger partial charge in [0.05, 0.1) is 5.69 Å². The number of carbonyl (C=O) groups excluding carboxylic acids is 2. The average molecular weight is 482 g/mol. The monoisotopic (exact) mass is 481 g/mol. The number of nitrogens with zero attached hydrogens (tertiary/aromatic N) is 2. The molecule has 0 spiro atoms. The summed E-state index contributed by atoms with van der Waals surface area (Å²) in [5, 5.41) is 3.77. The van der Waals surface area contributed by atoms with E-state index >= 15 is 0 Å². The van der Waals surface area contributed by atoms with Crippen molar-refractivity contribution in [2.24, 2.45) is 4.99 Å². The minimum absolute atomic E-state index is 0.0425. The van der Waals surface area contributed by atoms with Crippen molar-refractivity contribution in [1.29, 1.82) is 0 Å². The number of imide groups is 1. The van der Waals surface area contributed by atoms with E-state index in [0.29, 0.717) is 22.4 Å². The highest BCUT2D eigenvalue weighted by molar-refractivity contribution is 8.15. The molecule has 1 heterocycles. The number of amides is 2. The summed E-state index contributed by atoms with van der Waals surface area (Å²) < 4.78 is 13.3. The lowest BCUT2D eigenvalue weighted by molar-refractivity contribution is -0.121. The lowest BCUT2D eigenvalue weighted by atomic mass is 10.2. The van der Waals surface area contributed by atoms with Gasteiger partial charge in [0.2, 0.25) is 11.8 Å². The summed E-state index contributed by atoms with van der Waals surface area (Å²) in [5.41, 5.74) is 2.30. The van der Waals surface area contributed by atoms with Gasteiger partial charge in [0.15, 0.2) is 5.17 Å². The molecule has 1 atom stereocenters. The molecule has 4 rings (SSSR count). The Hall–Kier alpha value is -3.16. The van der Waals surface area contributed by atoms with Crippen LogP contribution < -0.4 is 10.2 Å². The van der Waals surface area contributed by atoms with Crippen LogP contribution in [-0.2, 0) is 16.0 Å². The molecule has 0 radical (unpaired) electrons. The number of nitrogens with one attached hydrogen (secondary N) is 1. The molecule has 1 fully saturated rings. The number of anilines is 2. The third-order valence-electron chi connectivity index (χ3n) is 5.04. The largest absolute Gasteiger partial charge is 0.335 e. The van der Waals surface area contributed by atoms with Crippen molar-refractivity contribution in [2.75, 3.05) is 16.8 Å². The maximum absolute atomic E-state index is 13.3. The second-order valence-electron chi connectivity index (χ2n) is 7.41. The predicted molar refractivity (Wildman–Crippen MR) is 132 cm³/mol. The number of thioether (sulfide) groups is 1. The van der Waals surface area contributed by atoms with E-state index in [9.17, 15) is 14.0 Å². The Balaban J connectivity index is 1.50. The molecular formula is C25H21ClFN3O2S. The fourth-order valence-corrected chi connectivity index (χ4v) is 4.56. The van der Waals surface area contributed by atoms with Crippen LogP contribution in [0.5, 0.6) is 0 Å². The molecule has 1 aliphatic rings. The summed E-state index contributed by atoms with van der Waals surface area (Å²) in [4.78, 5) is 31.4. The molecule has 5 nitrogen and oxygen atoms in total. The first-order valence-electron chi connectivity index (χ1n) is 10.4. The zero-order chi connectivity index (χ0) is 23.2. The summed E-state index contributed by atoms with van der Waals surface area (Å²) >= 11 is 7.20. The van der Waals surface area contributed by atoms with Gasteiger partial charge in [-0.2, -0.15) is 0 Å². The molecule has 8 heteroatoms. The number of rotatable bonds is 6. The Bertz CT molecular complexity index is 1150. The summed E-state index contributed by atoms with van der Waals surface area (Å²) in [6.07, 6.45) is 0.785. The molecular weight excluding hydrogens is 461 g/mol. The van der Waals surface area contributed by atoms with Crippen LogP contribution in [0.15, 0.2) is 83.9 Å². The van der Waals surface area contributed by atoms with E-state index in [1.807, 2.05) is 42.5 Å². The van der Waals surface area contributed by atoms with Gasteiger partial charge in [0.25, 0.3) is 0 Å². The SMILES string of the molecule is O=C1C[C@H](SC(=NCCc2ccccc2)Nc2ccc(Cl)cc2)C(=O)N1c1ccc(F)cc1. The van der Waals surface area contributed by atoms with Crippen LogP contribution in [0.1, 0.15) is 12.0 Å². The number of aliphatic imine (C=N–C) groups is 1. The van der Waals surface area contributed by atoms with E-state index in [2.05, 4.69) is 10.3 Å². The molecule has 2 amide bonds. The Morgan fingerprint density at radius 3 is 2.42 bits per heavy atom. The highest BCUT2D eigenvalue weighted by Gasteiger charge is 2.40. The van der Waals surface area contributed by atoms with Gasteiger partial charge in [0, 0.05) is 23.7 Å². The van der Waals surface area contributed by atoms with Crippen LogP contribution >= 0.6 is 23.4 Å². The molecule has 168 valence electrons. The highest BCUT2D eigenvalue weighted by atomic mass is 35.5. The third kappa shape index (κ3) is 6.00. The summed E-state index contributed by atoms with van der Waals surface area (Å²) in [7, 11) is 0. The zero-order valence-corrected chi connectivity index (χ0v) is 19.2. The highest BCUT2D eigenvalue weighted by Crippen LogP contribution is 2.31. The maximum atomic E-state index is 13.3. The number of carbonyl (C=O) groups is 2. The first kappa shape index (κ1) is 23.0. The molecule has 3 aromatic carbocycles. The maximum Gasteiger partial charge on any atom is 0.247 e. The van der Waals surface area contributed by atoms with Crippen molar-refractivity contribution < 1.29 is 14.0 Å². The summed E-state index contributed by atoms with van der Waals surface area (Å²) in [6.45, 7) is 0.517. The van der Waals surface area contributed by atoms with E-state index < -0.39 is 11.1 Å². The topological polar surface area (TPSA) is 61.8 Å². The van der Waals surface area contributed by atoms with Crippen LogP contribution in [0.25, 0.3) is 0 Å². The number of hydrogen-bond donors (Lipinski definition) is 1. The summed E-state index contributed by atoms with van der Waals surface area (Å²) in [6, 6.07) is 22.5. The van der Waals surface area contributed by atoms with Crippen molar-refractivity contribution in [2.45, 2.75) is 18.1 Å². The van der Waals surface area contributed by atoms with E-state index in [1.54, 1.807) is 12.1 Å². The Labute approximate surface area is 200 Å². The molecule has 1 saturated heterocycles. The van der Waals surface area contributed by atoms with Gasteiger partial charge in [-0.1, -0.05) is 53.7 Å². The summed E-state index contributed by atoms with van der Waals surface area (Å²) in [5.74, 6) is -1.09. The lowest BCUT2D eigenvalue weighted by Crippen LogP contribution is -2.31. The quantitative estimate of drug-likeness (QED) is 0.284. The second-order valence-corrected chi connectivity index (χ2v) is 9.04. The Morgan fingerprint density at radius 1 is 1.03 bits per heavy atom. The van der Waals surface area contributed by atoms with Gasteiger partial charge in [-0.05, 0) is 60.5 Å². The van der Waals surface area contributed by atoms with E-state index in [1.165, 1.54) is 36.0 Å². The number of halogens is 2. The van der Waals surface area contributed by atoms with E-state index in [4.69, 9.17) is 11.6 Å². The van der Waals surface area contributed by atoms with Crippen molar-refractivity contribution in [3.63, 3.8) is 0 Å². The van der Waals surface area contributed by atoms with Gasteiger partial charge in [-0.3, -0.25) is 14.6 Å². The van der Waals surface area contributed by atoms with Gasteiger partial charge in [-0.15, -0.1) is 0 Å². The normalized spacial score (nSPS) is 16.4. The van der Waals surface area contributed by atoms with Gasteiger partial charge >= 0.3 is 0 Å². The molecule has 1 N–H and O–H groups in total. The van der Waals surface area contributed by atoms with Crippen molar-refractivity contribution in [3.8, 4) is 0 Å². The van der Waals surface area contributed by atoms with E-state index in [0.717, 1.165) is 22.6 Å². The number of benzene rings is 3. The first-order chi connectivity index (χ1) is 16.0. The van der Waals surface area contributed by atoms with Crippen molar-refractivity contribution in [1.82, 2.24) is 0 Å². The zero-order valence-electron chi connectivity index (χ0n) is 17.6. The van der Waals surface area contributed by atoms with Crippen LogP contribution in [0, 0.1) is 5.82 Å². The molecule has 0 aromatic heterocycles. The fraction of sp³-hybridized carbons (Fsp3) is 0.160. The standard InChI is InChI=1S/C25H21ClFN3O2S/c26-18-6-10-20(11-7-18)29-25(28-15-14-17-4-2-1-3-5-17)33-22-16-23(31)30(24(22)32)21-12-8-19(27)9-13-21/h1-13,22H,14-16H2,(H,28,29)/t22-/m0/s1. The van der Waals surface area contributed by atoms with Gasteiger partial charge < -0.3 is 5.32 Å². The van der Waals surface area contributed by atoms with E-state index in [-0.39, 0.29) is 18.2 Å². The molecule has 0 saturated carbocycles. The van der Waals surface area contributed by atoms with Crippen LogP contribution in [-0.4, -0.2) is 28.8 Å². The Morgan fingerprint density at radius 2 is 1.73 bits per heavy atom.